The normalized spacial score (nSPS) is 11.2. The fourth-order valence-corrected chi connectivity index (χ4v) is 5.51. The molecular weight excluding hydrogens is 424 g/mol. The second-order valence-corrected chi connectivity index (χ2v) is 9.46. The van der Waals surface area contributed by atoms with Crippen LogP contribution >= 0.6 is 11.8 Å². The van der Waals surface area contributed by atoms with E-state index < -0.39 is 42.6 Å². The third-order valence-corrected chi connectivity index (χ3v) is 7.03. The first-order chi connectivity index (χ1) is 14.3. The quantitative estimate of drug-likeness (QED) is 0.320. The molecule has 0 atom stereocenters. The van der Waals surface area contributed by atoms with Crippen LogP contribution in [0, 0.1) is 10.1 Å². The van der Waals surface area contributed by atoms with Crippen LogP contribution in [0.2, 0.25) is 0 Å². The number of hydrogen-bond acceptors (Lipinski definition) is 6. The van der Waals surface area contributed by atoms with Gasteiger partial charge in [0.25, 0.3) is 11.6 Å². The van der Waals surface area contributed by atoms with Gasteiger partial charge in [-0.05, 0) is 17.2 Å². The van der Waals surface area contributed by atoms with Crippen molar-refractivity contribution in [1.29, 1.82) is 0 Å². The molecule has 30 heavy (non-hydrogen) atoms. The van der Waals surface area contributed by atoms with Gasteiger partial charge in [-0.15, -0.1) is 11.8 Å². The Morgan fingerprint density at radius 1 is 0.967 bits per heavy atom. The molecule has 7 nitrogen and oxygen atoms in total. The molecule has 0 aliphatic carbocycles. The molecule has 0 spiro atoms. The molecule has 0 aliphatic rings. The Morgan fingerprint density at radius 2 is 1.53 bits per heavy atom. The van der Waals surface area contributed by atoms with E-state index in [2.05, 4.69) is 0 Å². The Morgan fingerprint density at radius 3 is 2.07 bits per heavy atom. The number of amides is 1. The molecule has 3 rings (SSSR count). The Kier molecular flexibility index (Phi) is 6.53. The molecular formula is C21H18N2O5S2. The van der Waals surface area contributed by atoms with Crippen LogP contribution in [0.4, 0.5) is 5.69 Å². The number of nitro groups is 1. The van der Waals surface area contributed by atoms with Gasteiger partial charge < -0.3 is 5.73 Å². The first-order valence-electron chi connectivity index (χ1n) is 8.83. The van der Waals surface area contributed by atoms with Gasteiger partial charge in [0.05, 0.1) is 15.6 Å². The number of nitro benzene ring substituents is 1. The van der Waals surface area contributed by atoms with E-state index in [1.807, 2.05) is 30.3 Å². The fourth-order valence-electron chi connectivity index (χ4n) is 2.91. The zero-order valence-corrected chi connectivity index (χ0v) is 17.4. The van der Waals surface area contributed by atoms with Crippen molar-refractivity contribution in [2.24, 2.45) is 5.73 Å². The zero-order valence-electron chi connectivity index (χ0n) is 15.7. The molecule has 0 saturated heterocycles. The summed E-state index contributed by atoms with van der Waals surface area (Å²) in [5, 5.41) is 11.6. The Hall–Kier alpha value is -3.17. The second-order valence-electron chi connectivity index (χ2n) is 6.46. The number of rotatable bonds is 8. The standard InChI is InChI=1S/C21H18N2O5S2/c22-21(24)20-18(23(25)26)11-17(29-13-15-7-3-1-4-8-15)12-19(20)30(27,28)14-16-9-5-2-6-10-16/h1-12H,13-14H2,(H2,22,24). The van der Waals surface area contributed by atoms with Crippen LogP contribution in [-0.4, -0.2) is 19.2 Å². The van der Waals surface area contributed by atoms with Crippen LogP contribution in [0.25, 0.3) is 0 Å². The minimum Gasteiger partial charge on any atom is -0.365 e. The second kappa shape index (κ2) is 9.10. The molecule has 0 unspecified atom stereocenters. The lowest BCUT2D eigenvalue weighted by molar-refractivity contribution is -0.385. The summed E-state index contributed by atoms with van der Waals surface area (Å²) in [6.07, 6.45) is 0. The molecule has 0 aromatic heterocycles. The van der Waals surface area contributed by atoms with Crippen LogP contribution in [-0.2, 0) is 21.3 Å². The van der Waals surface area contributed by atoms with Crippen LogP contribution in [0.15, 0.2) is 82.6 Å². The average Bonchev–Trinajstić information content (AvgIpc) is 2.72. The molecule has 2 N–H and O–H groups in total. The van der Waals surface area contributed by atoms with Crippen LogP contribution in [0.3, 0.4) is 0 Å². The molecule has 0 radical (unpaired) electrons. The molecule has 154 valence electrons. The van der Waals surface area contributed by atoms with Gasteiger partial charge in [-0.2, -0.15) is 0 Å². The van der Waals surface area contributed by atoms with Gasteiger partial charge in [0.2, 0.25) is 0 Å². The highest BCUT2D eigenvalue weighted by Crippen LogP contribution is 2.35. The predicted octanol–water partition coefficient (Wildman–Crippen LogP) is 3.96. The molecule has 9 heteroatoms. The smallest absolute Gasteiger partial charge is 0.284 e. The topological polar surface area (TPSA) is 120 Å². The van der Waals surface area contributed by atoms with Crippen molar-refractivity contribution in [3.05, 3.63) is 99.6 Å². The van der Waals surface area contributed by atoms with Gasteiger partial charge in [0, 0.05) is 16.7 Å². The molecule has 3 aromatic rings. The van der Waals surface area contributed by atoms with E-state index in [1.165, 1.54) is 23.9 Å². The Labute approximate surface area is 178 Å². The van der Waals surface area contributed by atoms with E-state index in [0.717, 1.165) is 5.56 Å². The summed E-state index contributed by atoms with van der Waals surface area (Å²) in [5.41, 5.74) is 5.60. The molecule has 0 fully saturated rings. The van der Waals surface area contributed by atoms with E-state index >= 15 is 0 Å². The number of sulfone groups is 1. The van der Waals surface area contributed by atoms with E-state index in [-0.39, 0.29) is 0 Å². The summed E-state index contributed by atoms with van der Waals surface area (Å²) >= 11 is 1.24. The van der Waals surface area contributed by atoms with Gasteiger partial charge in [0.1, 0.15) is 5.56 Å². The monoisotopic (exact) mass is 442 g/mol. The van der Waals surface area contributed by atoms with Crippen molar-refractivity contribution in [1.82, 2.24) is 0 Å². The van der Waals surface area contributed by atoms with E-state index in [1.54, 1.807) is 30.3 Å². The van der Waals surface area contributed by atoms with Gasteiger partial charge in [0.15, 0.2) is 9.84 Å². The maximum atomic E-state index is 13.1. The van der Waals surface area contributed by atoms with Crippen molar-refractivity contribution in [3.63, 3.8) is 0 Å². The minimum absolute atomic E-state index is 0.363. The Bertz CT molecular complexity index is 1180. The maximum absolute atomic E-state index is 13.1. The SMILES string of the molecule is NC(=O)c1c([N+](=O)[O-])cc(SCc2ccccc2)cc1S(=O)(=O)Cc1ccccc1. The van der Waals surface area contributed by atoms with Crippen LogP contribution in [0.5, 0.6) is 0 Å². The number of nitrogens with two attached hydrogens (primary N) is 1. The summed E-state index contributed by atoms with van der Waals surface area (Å²) in [4.78, 5) is 22.7. The molecule has 0 saturated carbocycles. The van der Waals surface area contributed by atoms with E-state index in [4.69, 9.17) is 5.73 Å². The third-order valence-electron chi connectivity index (χ3n) is 4.28. The van der Waals surface area contributed by atoms with Crippen molar-refractivity contribution in [2.75, 3.05) is 0 Å². The molecule has 0 bridgehead atoms. The molecule has 0 aliphatic heterocycles. The lowest BCUT2D eigenvalue weighted by Crippen LogP contribution is -2.19. The highest BCUT2D eigenvalue weighted by Gasteiger charge is 2.31. The van der Waals surface area contributed by atoms with Gasteiger partial charge in [-0.25, -0.2) is 8.42 Å². The highest BCUT2D eigenvalue weighted by atomic mass is 32.2. The number of carbonyl (C=O) groups excluding carboxylic acids is 1. The van der Waals surface area contributed by atoms with E-state index in [9.17, 15) is 23.3 Å². The molecule has 0 heterocycles. The van der Waals surface area contributed by atoms with Gasteiger partial charge >= 0.3 is 0 Å². The maximum Gasteiger partial charge on any atom is 0.284 e. The highest BCUT2D eigenvalue weighted by molar-refractivity contribution is 7.98. The van der Waals surface area contributed by atoms with Crippen LogP contribution < -0.4 is 5.73 Å². The average molecular weight is 443 g/mol. The summed E-state index contributed by atoms with van der Waals surface area (Å²) in [7, 11) is -4.07. The van der Waals surface area contributed by atoms with Gasteiger partial charge in [-0.3, -0.25) is 14.9 Å². The van der Waals surface area contributed by atoms with Gasteiger partial charge in [-0.1, -0.05) is 60.7 Å². The molecule has 3 aromatic carbocycles. The number of benzene rings is 3. The number of carbonyl (C=O) groups is 1. The third kappa shape index (κ3) is 5.05. The summed E-state index contributed by atoms with van der Waals surface area (Å²) in [5.74, 6) is -1.09. The number of hydrogen-bond donors (Lipinski definition) is 1. The first-order valence-corrected chi connectivity index (χ1v) is 11.5. The van der Waals surface area contributed by atoms with Crippen molar-refractivity contribution < 1.29 is 18.1 Å². The van der Waals surface area contributed by atoms with Crippen molar-refractivity contribution in [2.45, 2.75) is 21.3 Å². The Balaban J connectivity index is 2.07. The van der Waals surface area contributed by atoms with Crippen molar-refractivity contribution >= 4 is 33.2 Å². The first kappa shape index (κ1) is 21.5. The summed E-state index contributed by atoms with van der Waals surface area (Å²) in [6.45, 7) is 0. The number of primary amides is 1. The lowest BCUT2D eigenvalue weighted by Gasteiger charge is -2.12. The zero-order chi connectivity index (χ0) is 21.7. The van der Waals surface area contributed by atoms with E-state index in [0.29, 0.717) is 16.2 Å². The number of nitrogens with zero attached hydrogens (tertiary/aromatic N) is 1. The van der Waals surface area contributed by atoms with Crippen LogP contribution in [0.1, 0.15) is 21.5 Å². The summed E-state index contributed by atoms with van der Waals surface area (Å²) < 4.78 is 26.2. The molecule has 1 amide bonds. The largest absolute Gasteiger partial charge is 0.365 e. The fraction of sp³-hybridized carbons (Fsp3) is 0.0952. The number of thioether (sulfide) groups is 1. The summed E-state index contributed by atoms with van der Waals surface area (Å²) in [6, 6.07) is 20.3. The lowest BCUT2D eigenvalue weighted by atomic mass is 10.1. The predicted molar refractivity (Wildman–Crippen MR) is 115 cm³/mol. The van der Waals surface area contributed by atoms with Crippen molar-refractivity contribution in [3.8, 4) is 0 Å². The minimum atomic E-state index is -4.07.